The fourth-order valence-corrected chi connectivity index (χ4v) is 13.1. The van der Waals surface area contributed by atoms with Gasteiger partial charge in [-0.15, -0.1) is 0 Å². The fraction of sp³-hybridized carbons (Fsp3) is 0.774. The van der Waals surface area contributed by atoms with Crippen LogP contribution in [0.15, 0.2) is 47.6 Å². The summed E-state index contributed by atoms with van der Waals surface area (Å²) in [6, 6.07) is -1.20. The molecule has 0 radical (unpaired) electrons. The molecule has 16 atom stereocenters. The van der Waals surface area contributed by atoms with Crippen molar-refractivity contribution in [3.8, 4) is 0 Å². The van der Waals surface area contributed by atoms with Crippen LogP contribution >= 0.6 is 0 Å². The van der Waals surface area contributed by atoms with E-state index in [0.717, 1.165) is 24.6 Å². The van der Waals surface area contributed by atoms with Crippen LogP contribution in [-0.4, -0.2) is 178 Å². The number of fused-ring (bicyclic) bond motifs is 3. The lowest BCUT2D eigenvalue weighted by Gasteiger charge is -2.42. The average Bonchev–Trinajstić information content (AvgIpc) is 3.79. The minimum Gasteiger partial charge on any atom is -0.460 e. The Kier molecular flexibility index (Phi) is 26.2. The summed E-state index contributed by atoms with van der Waals surface area (Å²) in [6.45, 7) is 21.0. The van der Waals surface area contributed by atoms with Gasteiger partial charge in [0.25, 0.3) is 11.7 Å². The van der Waals surface area contributed by atoms with Crippen molar-refractivity contribution in [2.45, 2.75) is 219 Å². The molecule has 0 spiro atoms. The molecule has 3 saturated heterocycles. The van der Waals surface area contributed by atoms with E-state index >= 15 is 0 Å². The minimum absolute atomic E-state index is 0.00732. The Balaban J connectivity index is 1.39. The summed E-state index contributed by atoms with van der Waals surface area (Å²) in [5.74, 6) is -7.97. The first-order valence-electron chi connectivity index (χ1n) is 29.8. The summed E-state index contributed by atoms with van der Waals surface area (Å²) in [5, 5.41) is 23.7. The van der Waals surface area contributed by atoms with Gasteiger partial charge in [0, 0.05) is 77.7 Å². The zero-order valence-corrected chi connectivity index (χ0v) is 51.7. The number of carbonyl (C=O) groups is 6. The van der Waals surface area contributed by atoms with E-state index in [2.05, 4.69) is 19.6 Å². The highest BCUT2D eigenvalue weighted by Gasteiger charge is 2.53. The molecular weight excluding hydrogens is 1040 g/mol. The van der Waals surface area contributed by atoms with Crippen molar-refractivity contribution in [2.75, 3.05) is 53.9 Å². The number of cyclic esters (lactones) is 1. The van der Waals surface area contributed by atoms with Crippen molar-refractivity contribution < 1.29 is 72.1 Å². The first-order chi connectivity index (χ1) is 37.8. The summed E-state index contributed by atoms with van der Waals surface area (Å²) < 4.78 is 42.7. The van der Waals surface area contributed by atoms with Crippen LogP contribution in [0.2, 0.25) is 19.6 Å². The largest absolute Gasteiger partial charge is 0.460 e. The average molecular weight is 1140 g/mol. The summed E-state index contributed by atoms with van der Waals surface area (Å²) >= 11 is 0. The maximum absolute atomic E-state index is 14.7. The van der Waals surface area contributed by atoms with Crippen LogP contribution in [0.4, 0.5) is 0 Å². The lowest BCUT2D eigenvalue weighted by Crippen LogP contribution is -2.61. The van der Waals surface area contributed by atoms with Gasteiger partial charge in [0.2, 0.25) is 11.7 Å². The number of rotatable bonds is 14. The van der Waals surface area contributed by atoms with E-state index in [0.29, 0.717) is 89.5 Å². The number of hydrogen-bond donors (Lipinski definition) is 2. The van der Waals surface area contributed by atoms with Crippen LogP contribution in [0.3, 0.4) is 0 Å². The normalized spacial score (nSPS) is 36.2. The second-order valence-corrected chi connectivity index (χ2v) is 30.7. The Morgan fingerprint density at radius 1 is 0.838 bits per heavy atom. The number of allylic oxidation sites excluding steroid dienone is 6. The van der Waals surface area contributed by atoms with E-state index < -0.39 is 85.8 Å². The molecule has 2 bridgehead atoms. The molecule has 452 valence electrons. The van der Waals surface area contributed by atoms with Crippen LogP contribution in [0, 0.1) is 35.5 Å². The van der Waals surface area contributed by atoms with Crippen molar-refractivity contribution in [3.05, 3.63) is 47.6 Å². The van der Waals surface area contributed by atoms with Gasteiger partial charge in [-0.2, -0.15) is 0 Å². The van der Waals surface area contributed by atoms with Crippen LogP contribution in [-0.2, 0) is 61.9 Å². The third-order valence-corrected chi connectivity index (χ3v) is 18.5. The monoisotopic (exact) mass is 1140 g/mol. The highest BCUT2D eigenvalue weighted by Crippen LogP contribution is 2.38. The van der Waals surface area contributed by atoms with E-state index in [1.807, 2.05) is 63.0 Å². The van der Waals surface area contributed by atoms with Gasteiger partial charge in [-0.25, -0.2) is 4.79 Å². The third-order valence-electron chi connectivity index (χ3n) is 17.4. The second-order valence-electron chi connectivity index (χ2n) is 25.3. The number of ketones is 3. The van der Waals surface area contributed by atoms with Gasteiger partial charge in [0.1, 0.15) is 30.1 Å². The minimum atomic E-state index is -2.45. The number of likely N-dealkylation sites (tertiary alicyclic amines) is 1. The number of nitrogens with zero attached hydrogens (tertiary/aromatic N) is 2. The smallest absolute Gasteiger partial charge is 0.329 e. The van der Waals surface area contributed by atoms with Gasteiger partial charge in [-0.05, 0) is 113 Å². The van der Waals surface area contributed by atoms with Gasteiger partial charge >= 0.3 is 5.97 Å². The predicted molar refractivity (Wildman–Crippen MR) is 308 cm³/mol. The number of Topliss-reactive ketones (excluding diaryl/α,β-unsaturated/α-hetero) is 3. The van der Waals surface area contributed by atoms with Crippen LogP contribution in [0.1, 0.15) is 138 Å². The van der Waals surface area contributed by atoms with Gasteiger partial charge in [0.15, 0.2) is 5.78 Å². The van der Waals surface area contributed by atoms with Crippen molar-refractivity contribution >= 4 is 43.2 Å². The standard InChI is InChI=1S/C62H100N2O15Si/c1-39-19-15-14-16-20-40(2)52(73-8)35-48-25-22-45(7)62(72,79-48)59(69)60(70)64-28-18-17-21-49(64)61(71)78-53(36-50(65)41(3)32-44(6)57(68)58(75-10)56(67)43(5)31-39)42(4)33-46-23-26-51(54(34-46)74-9)77-37-47-24-27-55(66)63(47)29-30-76-38-80(11,12)13/h14-16,19-20,32,39,41-43,45-49,51-54,57-58,68,72H,17-18,21-31,33-38H2,1-13H3/b16-14?,19-15+,40-20?,44-32+/t39-,41-,42-,43-,45-,46+,47+,48+,49+,51-,52+,53+,54-,57-,58+,62-/m1/s1. The lowest BCUT2D eigenvalue weighted by atomic mass is 9.78. The highest BCUT2D eigenvalue weighted by molar-refractivity contribution is 6.76. The van der Waals surface area contributed by atoms with Gasteiger partial charge < -0.3 is 53.2 Å². The maximum Gasteiger partial charge on any atom is 0.329 e. The van der Waals surface area contributed by atoms with E-state index in [1.165, 1.54) is 12.0 Å². The predicted octanol–water partition coefficient (Wildman–Crippen LogP) is 8.09. The molecule has 18 heteroatoms. The van der Waals surface area contributed by atoms with Gasteiger partial charge in [0.05, 0.1) is 51.7 Å². The first-order valence-corrected chi connectivity index (χ1v) is 33.5. The van der Waals surface area contributed by atoms with Gasteiger partial charge in [-0.3, -0.25) is 24.0 Å². The Morgan fingerprint density at radius 2 is 1.57 bits per heavy atom. The Bertz CT molecular complexity index is 2210. The number of piperidine rings is 1. The molecule has 0 aromatic heterocycles. The molecule has 1 saturated carbocycles. The maximum atomic E-state index is 14.7. The molecule has 4 heterocycles. The highest BCUT2D eigenvalue weighted by atomic mass is 28.3. The van der Waals surface area contributed by atoms with Crippen molar-refractivity contribution in [2.24, 2.45) is 35.5 Å². The van der Waals surface area contributed by atoms with E-state index in [4.69, 9.17) is 33.2 Å². The number of aliphatic hydroxyl groups excluding tert-OH is 1. The lowest BCUT2D eigenvalue weighted by molar-refractivity contribution is -0.265. The van der Waals surface area contributed by atoms with Crippen molar-refractivity contribution in [3.63, 3.8) is 0 Å². The molecule has 2 amide bonds. The summed E-state index contributed by atoms with van der Waals surface area (Å²) in [4.78, 5) is 87.8. The number of esters is 1. The molecule has 5 aliphatic rings. The number of ether oxygens (including phenoxy) is 7. The molecule has 4 fully saturated rings. The number of methoxy groups -OCH3 is 3. The number of carbonyl (C=O) groups excluding carboxylic acids is 6. The Hall–Kier alpha value is -3.72. The SMILES string of the molecule is CO[C@H]1C[C@@H]2CC[C@@H](C)[C@@](O)(O2)C(=O)C(=O)N2CCCC[C@H]2C(=O)O[C@H]([C@H](C)C[C@@H]2CC[C@@H](OC[C@@H]3CCC(=O)N3CCOC[Si](C)(C)C)[C@H](OC)C2)CC(=O)[C@H](C)/C=C(\C)[C@@H](O)[C@@H](OC)C(=O)[C@H](C)C[C@H](C)/C=C/C=CC=C1C. The molecule has 0 aromatic rings. The number of aliphatic hydroxyl groups is 2. The van der Waals surface area contributed by atoms with Crippen LogP contribution in [0.5, 0.6) is 0 Å². The quantitative estimate of drug-likeness (QED) is 0.0553. The summed E-state index contributed by atoms with van der Waals surface area (Å²) in [6.07, 6.45) is 13.8. The molecule has 0 unspecified atom stereocenters. The summed E-state index contributed by atoms with van der Waals surface area (Å²) in [7, 11) is 3.26. The molecule has 1 aliphatic carbocycles. The van der Waals surface area contributed by atoms with Gasteiger partial charge in [-0.1, -0.05) is 90.7 Å². The second kappa shape index (κ2) is 31.3. The zero-order valence-electron chi connectivity index (χ0n) is 50.7. The number of amides is 2. The summed E-state index contributed by atoms with van der Waals surface area (Å²) in [5.41, 5.74) is 1.26. The molecule has 0 aromatic carbocycles. The molecule has 2 N–H and O–H groups in total. The van der Waals surface area contributed by atoms with Crippen LogP contribution < -0.4 is 0 Å². The Morgan fingerprint density at radius 3 is 2.26 bits per heavy atom. The molecule has 17 nitrogen and oxygen atoms in total. The molecular formula is C62H100N2O15Si. The Labute approximate surface area is 478 Å². The van der Waals surface area contributed by atoms with E-state index in [9.17, 15) is 39.0 Å². The van der Waals surface area contributed by atoms with Crippen molar-refractivity contribution in [1.29, 1.82) is 0 Å². The molecule has 5 rings (SSSR count). The van der Waals surface area contributed by atoms with Crippen molar-refractivity contribution in [1.82, 2.24) is 9.80 Å². The number of hydrogen-bond acceptors (Lipinski definition) is 15. The van der Waals surface area contributed by atoms with Crippen LogP contribution in [0.25, 0.3) is 0 Å². The topological polar surface area (TPSA) is 214 Å². The van der Waals surface area contributed by atoms with E-state index in [-0.39, 0.29) is 72.9 Å². The third kappa shape index (κ3) is 18.6. The first kappa shape index (κ1) is 67.1. The molecule has 4 aliphatic heterocycles. The van der Waals surface area contributed by atoms with E-state index in [1.54, 1.807) is 41.1 Å². The zero-order chi connectivity index (χ0) is 59.1. The fourth-order valence-electron chi connectivity index (χ4n) is 12.3. The molecule has 80 heavy (non-hydrogen) atoms.